The Morgan fingerprint density at radius 3 is 1.34 bits per heavy atom. The van der Waals surface area contributed by atoms with E-state index in [4.69, 9.17) is 4.74 Å². The first kappa shape index (κ1) is 22.0. The highest BCUT2D eigenvalue weighted by molar-refractivity contribution is 5.99. The van der Waals surface area contributed by atoms with Crippen LogP contribution in [0.15, 0.2) is 36.4 Å². The van der Waals surface area contributed by atoms with E-state index in [1.54, 1.807) is 23.6 Å². The minimum absolute atomic E-state index is 0.0316. The fraction of sp³-hybridized carbons (Fsp3) is 0.429. The van der Waals surface area contributed by atoms with Crippen molar-refractivity contribution in [3.05, 3.63) is 69.8 Å². The van der Waals surface area contributed by atoms with Crippen molar-refractivity contribution in [2.75, 3.05) is 0 Å². The Bertz CT molecular complexity index is 1200. The maximum atomic E-state index is 13.3. The number of benzene rings is 2. The average Bonchev–Trinajstić information content (AvgIpc) is 3.73. The van der Waals surface area contributed by atoms with E-state index in [0.29, 0.717) is 51.9 Å². The zero-order valence-electron chi connectivity index (χ0n) is 20.1. The van der Waals surface area contributed by atoms with E-state index in [0.717, 1.165) is 33.4 Å². The number of nitrogens with zero attached hydrogens (tertiary/aromatic N) is 2. The number of ether oxygens (including phenoxy) is 1. The molecular formula is C28H28N2O5. The van der Waals surface area contributed by atoms with Gasteiger partial charge in [-0.25, -0.2) is 0 Å². The van der Waals surface area contributed by atoms with E-state index in [9.17, 15) is 19.2 Å². The molecule has 0 N–H and O–H groups in total. The van der Waals surface area contributed by atoms with Crippen LogP contribution >= 0.6 is 0 Å². The second kappa shape index (κ2) is 7.51. The second-order valence-corrected chi connectivity index (χ2v) is 10.6. The van der Waals surface area contributed by atoms with Crippen molar-refractivity contribution in [3.63, 3.8) is 0 Å². The monoisotopic (exact) mass is 472 g/mol. The molecule has 4 aliphatic rings. The summed E-state index contributed by atoms with van der Waals surface area (Å²) in [6.45, 7) is 5.40. The Morgan fingerprint density at radius 1 is 0.629 bits per heavy atom. The molecule has 0 unspecified atom stereocenters. The standard InChI is InChI=1S/C28H28N2O5/c1-17(31)29-13-19-3-5-23(11-21(19)15-29)27(7-8-27)25(33)35-26(34)28(9-10-28)24-6-4-20-14-30(18(2)32)16-22(20)12-24/h3-6,11-12H,7-10,13-16H2,1-2H3. The van der Waals surface area contributed by atoms with Gasteiger partial charge in [-0.1, -0.05) is 36.4 Å². The molecule has 0 bridgehead atoms. The van der Waals surface area contributed by atoms with Gasteiger partial charge in [-0.15, -0.1) is 0 Å². The van der Waals surface area contributed by atoms with Crippen molar-refractivity contribution in [3.8, 4) is 0 Å². The van der Waals surface area contributed by atoms with Crippen LogP contribution < -0.4 is 0 Å². The molecule has 0 aromatic heterocycles. The van der Waals surface area contributed by atoms with Gasteiger partial charge in [-0.05, 0) is 59.1 Å². The lowest BCUT2D eigenvalue weighted by molar-refractivity contribution is -0.163. The molecule has 2 heterocycles. The third-order valence-electron chi connectivity index (χ3n) is 8.32. The van der Waals surface area contributed by atoms with Gasteiger partial charge < -0.3 is 14.5 Å². The van der Waals surface area contributed by atoms with Crippen molar-refractivity contribution in [2.45, 2.75) is 76.5 Å². The van der Waals surface area contributed by atoms with Crippen molar-refractivity contribution in [1.29, 1.82) is 0 Å². The van der Waals surface area contributed by atoms with Gasteiger partial charge in [0.25, 0.3) is 0 Å². The summed E-state index contributed by atoms with van der Waals surface area (Å²) in [5, 5.41) is 0. The molecular weight excluding hydrogens is 444 g/mol. The summed E-state index contributed by atoms with van der Waals surface area (Å²) in [6.07, 6.45) is 2.62. The number of esters is 2. The van der Waals surface area contributed by atoms with Gasteiger partial charge in [-0.2, -0.15) is 0 Å². The topological polar surface area (TPSA) is 84.0 Å². The Morgan fingerprint density at radius 2 is 1.00 bits per heavy atom. The summed E-state index contributed by atoms with van der Waals surface area (Å²) in [6, 6.07) is 11.9. The predicted molar refractivity (Wildman–Crippen MR) is 126 cm³/mol. The zero-order chi connectivity index (χ0) is 24.5. The molecule has 2 aliphatic heterocycles. The van der Waals surface area contributed by atoms with Crippen LogP contribution in [0.25, 0.3) is 0 Å². The molecule has 0 saturated heterocycles. The van der Waals surface area contributed by atoms with E-state index < -0.39 is 22.8 Å². The molecule has 6 rings (SSSR count). The number of hydrogen-bond acceptors (Lipinski definition) is 5. The predicted octanol–water partition coefficient (Wildman–Crippen LogP) is 3.24. The molecule has 7 nitrogen and oxygen atoms in total. The number of rotatable bonds is 4. The van der Waals surface area contributed by atoms with Gasteiger partial charge in [0.05, 0.1) is 10.8 Å². The van der Waals surface area contributed by atoms with Gasteiger partial charge in [0.2, 0.25) is 11.8 Å². The lowest BCUT2D eigenvalue weighted by Crippen LogP contribution is -2.32. The molecule has 7 heteroatoms. The first-order chi connectivity index (χ1) is 16.7. The van der Waals surface area contributed by atoms with Crippen LogP contribution in [0, 0.1) is 0 Å². The van der Waals surface area contributed by atoms with Crippen LogP contribution in [0.2, 0.25) is 0 Å². The minimum atomic E-state index is -0.773. The first-order valence-corrected chi connectivity index (χ1v) is 12.2. The lowest BCUT2D eigenvalue weighted by atomic mass is 9.92. The molecule has 180 valence electrons. The van der Waals surface area contributed by atoms with E-state index >= 15 is 0 Å². The third kappa shape index (κ3) is 3.48. The number of carbonyl (C=O) groups excluding carboxylic acids is 4. The molecule has 2 saturated carbocycles. The van der Waals surface area contributed by atoms with Crippen LogP contribution in [-0.4, -0.2) is 33.6 Å². The molecule has 2 aliphatic carbocycles. The second-order valence-electron chi connectivity index (χ2n) is 10.6. The highest BCUT2D eigenvalue weighted by Gasteiger charge is 2.58. The van der Waals surface area contributed by atoms with E-state index in [-0.39, 0.29) is 11.8 Å². The number of carbonyl (C=O) groups is 4. The fourth-order valence-corrected chi connectivity index (χ4v) is 5.58. The zero-order valence-corrected chi connectivity index (χ0v) is 20.1. The normalized spacial score (nSPS) is 20.2. The van der Waals surface area contributed by atoms with Gasteiger partial charge in [0.15, 0.2) is 0 Å². The number of amides is 2. The molecule has 0 spiro atoms. The summed E-state index contributed by atoms with van der Waals surface area (Å²) in [4.78, 5) is 53.6. The SMILES string of the molecule is CC(=O)N1Cc2ccc(C3(C(=O)OC(=O)C4(c5ccc6c(c5)CN(C(C)=O)C6)CC4)CC3)cc2C1. The fourth-order valence-electron chi connectivity index (χ4n) is 5.58. The Balaban J connectivity index is 1.19. The summed E-state index contributed by atoms with van der Waals surface area (Å²) >= 11 is 0. The van der Waals surface area contributed by atoms with Crippen LogP contribution in [0.5, 0.6) is 0 Å². The summed E-state index contributed by atoms with van der Waals surface area (Å²) in [7, 11) is 0. The van der Waals surface area contributed by atoms with Gasteiger partial charge >= 0.3 is 11.9 Å². The summed E-state index contributed by atoms with van der Waals surface area (Å²) in [5.41, 5.74) is 4.49. The Kier molecular flexibility index (Phi) is 4.72. The number of hydrogen-bond donors (Lipinski definition) is 0. The van der Waals surface area contributed by atoms with Gasteiger partial charge in [0.1, 0.15) is 0 Å². The van der Waals surface area contributed by atoms with Gasteiger partial charge in [-0.3, -0.25) is 19.2 Å². The smallest absolute Gasteiger partial charge is 0.324 e. The van der Waals surface area contributed by atoms with E-state index in [1.165, 1.54) is 0 Å². The quantitative estimate of drug-likeness (QED) is 0.504. The summed E-state index contributed by atoms with van der Waals surface area (Å²) < 4.78 is 5.56. The molecule has 35 heavy (non-hydrogen) atoms. The molecule has 2 fully saturated rings. The largest absolute Gasteiger partial charge is 0.392 e. The van der Waals surface area contributed by atoms with E-state index in [1.807, 2.05) is 36.4 Å². The van der Waals surface area contributed by atoms with Crippen LogP contribution in [-0.2, 0) is 60.9 Å². The minimum Gasteiger partial charge on any atom is -0.392 e. The summed E-state index contributed by atoms with van der Waals surface area (Å²) in [5.74, 6) is -0.883. The van der Waals surface area contributed by atoms with E-state index in [2.05, 4.69) is 0 Å². The first-order valence-electron chi connectivity index (χ1n) is 12.2. The van der Waals surface area contributed by atoms with Crippen molar-refractivity contribution in [1.82, 2.24) is 9.80 Å². The van der Waals surface area contributed by atoms with Gasteiger partial charge in [0, 0.05) is 40.0 Å². The maximum absolute atomic E-state index is 13.3. The van der Waals surface area contributed by atoms with Crippen LogP contribution in [0.4, 0.5) is 0 Å². The van der Waals surface area contributed by atoms with Crippen molar-refractivity contribution >= 4 is 23.8 Å². The average molecular weight is 473 g/mol. The van der Waals surface area contributed by atoms with Crippen molar-refractivity contribution < 1.29 is 23.9 Å². The highest BCUT2D eigenvalue weighted by Crippen LogP contribution is 2.53. The number of fused-ring (bicyclic) bond motifs is 2. The molecule has 2 amide bonds. The molecule has 0 atom stereocenters. The lowest BCUT2D eigenvalue weighted by Gasteiger charge is -2.19. The molecule has 2 aromatic carbocycles. The van der Waals surface area contributed by atoms with Crippen molar-refractivity contribution in [2.24, 2.45) is 0 Å². The third-order valence-corrected chi connectivity index (χ3v) is 8.32. The highest BCUT2D eigenvalue weighted by atomic mass is 16.6. The Hall–Kier alpha value is -3.48. The molecule has 0 radical (unpaired) electrons. The molecule has 2 aromatic rings. The Labute approximate surface area is 204 Å². The maximum Gasteiger partial charge on any atom is 0.324 e. The van der Waals surface area contributed by atoms with Crippen LogP contribution in [0.3, 0.4) is 0 Å². The van der Waals surface area contributed by atoms with Crippen LogP contribution in [0.1, 0.15) is 72.9 Å².